The van der Waals surface area contributed by atoms with Gasteiger partial charge in [-0.3, -0.25) is 4.79 Å². The van der Waals surface area contributed by atoms with Crippen LogP contribution in [-0.2, 0) is 11.3 Å². The number of carbonyl (C=O) groups is 1. The lowest BCUT2D eigenvalue weighted by Crippen LogP contribution is -1.90. The van der Waals surface area contributed by atoms with Crippen molar-refractivity contribution in [2.75, 3.05) is 7.11 Å². The van der Waals surface area contributed by atoms with Crippen LogP contribution < -0.4 is 0 Å². The number of nitrogens with zero attached hydrogens (tertiary/aromatic N) is 3. The number of carbonyl (C=O) groups excluding carboxylic acids is 1. The molecule has 0 radical (unpaired) electrons. The van der Waals surface area contributed by atoms with Gasteiger partial charge in [0.2, 0.25) is 4.96 Å². The van der Waals surface area contributed by atoms with Crippen LogP contribution in [0.2, 0.25) is 5.15 Å². The second-order valence-electron chi connectivity index (χ2n) is 2.53. The third-order valence-electron chi connectivity index (χ3n) is 1.59. The normalized spacial score (nSPS) is 11.0. The van der Waals surface area contributed by atoms with E-state index in [-0.39, 0.29) is 10.8 Å². The second-order valence-corrected chi connectivity index (χ2v) is 3.93. The first kappa shape index (κ1) is 9.57. The quantitative estimate of drug-likeness (QED) is 0.750. The summed E-state index contributed by atoms with van der Waals surface area (Å²) in [6, 6.07) is 0. The summed E-state index contributed by atoms with van der Waals surface area (Å²) < 4.78 is 6.35. The number of hydrogen-bond donors (Lipinski definition) is 0. The average Bonchev–Trinajstić information content (AvgIpc) is 2.67. The van der Waals surface area contributed by atoms with Crippen LogP contribution in [0.15, 0.2) is 0 Å². The van der Waals surface area contributed by atoms with E-state index in [0.29, 0.717) is 17.9 Å². The van der Waals surface area contributed by atoms with E-state index in [4.69, 9.17) is 16.3 Å². The van der Waals surface area contributed by atoms with Crippen LogP contribution in [0.25, 0.3) is 4.96 Å². The molecule has 7 heteroatoms. The highest BCUT2D eigenvalue weighted by Crippen LogP contribution is 2.21. The smallest absolute Gasteiger partial charge is 0.214 e. The molecule has 0 N–H and O–H groups in total. The Morgan fingerprint density at radius 1 is 1.71 bits per heavy atom. The Morgan fingerprint density at radius 3 is 3.07 bits per heavy atom. The Morgan fingerprint density at radius 2 is 2.50 bits per heavy atom. The molecule has 0 saturated carbocycles. The summed E-state index contributed by atoms with van der Waals surface area (Å²) in [4.78, 5) is 15.1. The minimum atomic E-state index is 0.217. The summed E-state index contributed by atoms with van der Waals surface area (Å²) in [6.45, 7) is 0.417. The molecular formula is C7H6ClN3O2S. The van der Waals surface area contributed by atoms with Crippen molar-refractivity contribution in [2.45, 2.75) is 6.61 Å². The summed E-state index contributed by atoms with van der Waals surface area (Å²) in [5.74, 6) is 0. The fourth-order valence-corrected chi connectivity index (χ4v) is 2.16. The summed E-state index contributed by atoms with van der Waals surface area (Å²) in [6.07, 6.45) is 0.611. The maximum Gasteiger partial charge on any atom is 0.214 e. The van der Waals surface area contributed by atoms with E-state index in [0.717, 1.165) is 5.01 Å². The van der Waals surface area contributed by atoms with Crippen molar-refractivity contribution < 1.29 is 9.53 Å². The monoisotopic (exact) mass is 231 g/mol. The van der Waals surface area contributed by atoms with Crippen LogP contribution in [0.4, 0.5) is 0 Å². The molecule has 5 nitrogen and oxygen atoms in total. The molecular weight excluding hydrogens is 226 g/mol. The molecule has 74 valence electrons. The zero-order valence-corrected chi connectivity index (χ0v) is 8.80. The Balaban J connectivity index is 2.53. The minimum absolute atomic E-state index is 0.217. The largest absolute Gasteiger partial charge is 0.377 e. The highest BCUT2D eigenvalue weighted by molar-refractivity contribution is 7.16. The highest BCUT2D eigenvalue weighted by atomic mass is 35.5. The van der Waals surface area contributed by atoms with Gasteiger partial charge in [-0.25, -0.2) is 4.98 Å². The van der Waals surface area contributed by atoms with Gasteiger partial charge >= 0.3 is 0 Å². The molecule has 0 aliphatic heterocycles. The minimum Gasteiger partial charge on any atom is -0.377 e. The van der Waals surface area contributed by atoms with Crippen molar-refractivity contribution in [3.05, 3.63) is 15.9 Å². The molecule has 0 fully saturated rings. The zero-order valence-electron chi connectivity index (χ0n) is 7.23. The molecule has 14 heavy (non-hydrogen) atoms. The topological polar surface area (TPSA) is 56.5 Å². The third-order valence-corrected chi connectivity index (χ3v) is 2.83. The number of hydrogen-bond acceptors (Lipinski definition) is 5. The predicted molar refractivity (Wildman–Crippen MR) is 52.0 cm³/mol. The molecule has 0 bridgehead atoms. The first-order valence-corrected chi connectivity index (χ1v) is 4.93. The Kier molecular flexibility index (Phi) is 2.49. The van der Waals surface area contributed by atoms with Crippen molar-refractivity contribution in [3.63, 3.8) is 0 Å². The van der Waals surface area contributed by atoms with Gasteiger partial charge in [-0.2, -0.15) is 9.61 Å². The molecule has 2 rings (SSSR count). The number of imidazole rings is 1. The van der Waals surface area contributed by atoms with Gasteiger partial charge in [0.05, 0.1) is 6.61 Å². The molecule has 0 atom stereocenters. The van der Waals surface area contributed by atoms with Crippen molar-refractivity contribution in [1.82, 2.24) is 14.6 Å². The van der Waals surface area contributed by atoms with Crippen LogP contribution in [-0.4, -0.2) is 28.0 Å². The van der Waals surface area contributed by atoms with E-state index in [1.54, 1.807) is 7.11 Å². The molecule has 0 aromatic carbocycles. The summed E-state index contributed by atoms with van der Waals surface area (Å²) in [5.41, 5.74) is 0.217. The first-order valence-electron chi connectivity index (χ1n) is 3.74. The van der Waals surface area contributed by atoms with Gasteiger partial charge in [0.1, 0.15) is 10.7 Å². The fourth-order valence-electron chi connectivity index (χ4n) is 1.04. The number of rotatable bonds is 3. The van der Waals surface area contributed by atoms with Crippen LogP contribution in [0.1, 0.15) is 15.5 Å². The van der Waals surface area contributed by atoms with Gasteiger partial charge in [0.25, 0.3) is 0 Å². The van der Waals surface area contributed by atoms with Gasteiger partial charge < -0.3 is 4.74 Å². The Labute approximate surface area is 88.3 Å². The van der Waals surface area contributed by atoms with Gasteiger partial charge in [0.15, 0.2) is 11.4 Å². The van der Waals surface area contributed by atoms with Gasteiger partial charge in [0, 0.05) is 7.11 Å². The Bertz CT molecular complexity index is 478. The molecule has 0 amide bonds. The van der Waals surface area contributed by atoms with Gasteiger partial charge in [-0.05, 0) is 0 Å². The lowest BCUT2D eigenvalue weighted by molar-refractivity contribution is 0.111. The molecule has 0 aliphatic rings. The maximum atomic E-state index is 10.5. The summed E-state index contributed by atoms with van der Waals surface area (Å²) in [5, 5.41) is 5.14. The molecule has 2 heterocycles. The number of aromatic nitrogens is 3. The SMILES string of the molecule is COCc1nn2c(Cl)c(C=O)nc2s1. The van der Waals surface area contributed by atoms with E-state index in [2.05, 4.69) is 10.1 Å². The van der Waals surface area contributed by atoms with Crippen molar-refractivity contribution in [3.8, 4) is 0 Å². The third kappa shape index (κ3) is 1.41. The number of methoxy groups -OCH3 is 1. The molecule has 2 aromatic rings. The molecule has 0 unspecified atom stereocenters. The van der Waals surface area contributed by atoms with Crippen molar-refractivity contribution >= 4 is 34.2 Å². The fraction of sp³-hybridized carbons (Fsp3) is 0.286. The predicted octanol–water partition coefficient (Wildman–Crippen LogP) is 1.40. The standard InChI is InChI=1S/C7H6ClN3O2S/c1-13-3-5-10-11-6(8)4(2-12)9-7(11)14-5/h2H,3H2,1H3. The summed E-state index contributed by atoms with van der Waals surface area (Å²) >= 11 is 7.19. The van der Waals surface area contributed by atoms with Crippen LogP contribution >= 0.6 is 22.9 Å². The lowest BCUT2D eigenvalue weighted by Gasteiger charge is -1.89. The van der Waals surface area contributed by atoms with Gasteiger partial charge in [-0.15, -0.1) is 0 Å². The molecule has 2 aromatic heterocycles. The van der Waals surface area contributed by atoms with Crippen molar-refractivity contribution in [1.29, 1.82) is 0 Å². The first-order chi connectivity index (χ1) is 6.76. The van der Waals surface area contributed by atoms with Crippen molar-refractivity contribution in [2.24, 2.45) is 0 Å². The average molecular weight is 232 g/mol. The molecule has 0 aliphatic carbocycles. The van der Waals surface area contributed by atoms with E-state index < -0.39 is 0 Å². The molecule has 0 spiro atoms. The number of ether oxygens (including phenoxy) is 1. The molecule has 0 saturated heterocycles. The zero-order chi connectivity index (χ0) is 10.1. The van der Waals surface area contributed by atoms with Crippen LogP contribution in [0.3, 0.4) is 0 Å². The Hall–Kier alpha value is -0.980. The van der Waals surface area contributed by atoms with Crippen LogP contribution in [0, 0.1) is 0 Å². The van der Waals surface area contributed by atoms with E-state index in [1.165, 1.54) is 15.9 Å². The number of halogens is 1. The van der Waals surface area contributed by atoms with E-state index in [1.807, 2.05) is 0 Å². The van der Waals surface area contributed by atoms with Crippen LogP contribution in [0.5, 0.6) is 0 Å². The van der Waals surface area contributed by atoms with Gasteiger partial charge in [-0.1, -0.05) is 22.9 Å². The highest BCUT2D eigenvalue weighted by Gasteiger charge is 2.13. The van der Waals surface area contributed by atoms with E-state index >= 15 is 0 Å². The lowest BCUT2D eigenvalue weighted by atomic mass is 10.5. The second kappa shape index (κ2) is 3.64. The maximum absolute atomic E-state index is 10.5. The number of fused-ring (bicyclic) bond motifs is 1. The number of aldehydes is 1. The van der Waals surface area contributed by atoms with E-state index in [9.17, 15) is 4.79 Å². The summed E-state index contributed by atoms with van der Waals surface area (Å²) in [7, 11) is 1.59.